The summed E-state index contributed by atoms with van der Waals surface area (Å²) in [7, 11) is -4.07. The molecule has 3 N–H and O–H groups in total. The number of aldehydes is 1. The summed E-state index contributed by atoms with van der Waals surface area (Å²) in [4.78, 5) is 32.5. The second-order valence-electron chi connectivity index (χ2n) is 8.63. The standard InChI is InChI=1S/C26H28N4O4S/c1-3-17(2)24(30-35(33,34)23-12-6-8-18-9-7-13-27-25(18)23)26(32)29-20(16-31)14-19-15-28-22-11-5-4-10-21(19)22/h4-13,15-17,20,24,28,30H,3,14H2,1-2H3,(H,29,32)/t17?,20-,24-/m0/s1. The number of hydrogen-bond donors (Lipinski definition) is 3. The molecule has 9 heteroatoms. The van der Waals surface area contributed by atoms with Gasteiger partial charge in [0.05, 0.1) is 11.6 Å². The fourth-order valence-corrected chi connectivity index (χ4v) is 5.61. The van der Waals surface area contributed by atoms with Gasteiger partial charge >= 0.3 is 0 Å². The van der Waals surface area contributed by atoms with Gasteiger partial charge < -0.3 is 15.1 Å². The Kier molecular flexibility index (Phi) is 7.28. The van der Waals surface area contributed by atoms with Crippen molar-refractivity contribution in [2.75, 3.05) is 0 Å². The van der Waals surface area contributed by atoms with Gasteiger partial charge in [-0.2, -0.15) is 4.72 Å². The summed E-state index contributed by atoms with van der Waals surface area (Å²) in [5.74, 6) is -0.860. The third-order valence-corrected chi connectivity index (χ3v) is 7.74. The van der Waals surface area contributed by atoms with Crippen LogP contribution in [0.1, 0.15) is 25.8 Å². The van der Waals surface area contributed by atoms with Crippen molar-refractivity contribution in [1.82, 2.24) is 20.0 Å². The van der Waals surface area contributed by atoms with E-state index >= 15 is 0 Å². The Bertz CT molecular complexity index is 1460. The van der Waals surface area contributed by atoms with E-state index in [4.69, 9.17) is 0 Å². The molecule has 2 heterocycles. The molecule has 35 heavy (non-hydrogen) atoms. The van der Waals surface area contributed by atoms with Crippen molar-refractivity contribution in [3.8, 4) is 0 Å². The number of sulfonamides is 1. The van der Waals surface area contributed by atoms with E-state index in [-0.39, 0.29) is 17.2 Å². The molecule has 2 aromatic heterocycles. The Morgan fingerprint density at radius 2 is 1.89 bits per heavy atom. The third-order valence-electron chi connectivity index (χ3n) is 6.27. The Balaban J connectivity index is 1.56. The van der Waals surface area contributed by atoms with Gasteiger partial charge in [-0.1, -0.05) is 56.7 Å². The van der Waals surface area contributed by atoms with Crippen LogP contribution in [0.3, 0.4) is 0 Å². The summed E-state index contributed by atoms with van der Waals surface area (Å²) in [6.07, 6.45) is 4.86. The number of pyridine rings is 1. The lowest BCUT2D eigenvalue weighted by Crippen LogP contribution is -2.53. The first kappa shape index (κ1) is 24.6. The molecule has 0 aliphatic heterocycles. The first-order chi connectivity index (χ1) is 16.8. The van der Waals surface area contributed by atoms with E-state index in [2.05, 4.69) is 20.0 Å². The molecule has 1 amide bonds. The lowest BCUT2D eigenvalue weighted by Gasteiger charge is -2.25. The molecule has 2 aromatic carbocycles. The van der Waals surface area contributed by atoms with E-state index < -0.39 is 28.0 Å². The van der Waals surface area contributed by atoms with Crippen LogP contribution in [0.5, 0.6) is 0 Å². The molecule has 4 aromatic rings. The number of rotatable bonds is 10. The highest BCUT2D eigenvalue weighted by molar-refractivity contribution is 7.89. The number of carbonyl (C=O) groups is 2. The Hall–Kier alpha value is -3.56. The summed E-state index contributed by atoms with van der Waals surface area (Å²) in [6.45, 7) is 3.67. The maximum Gasteiger partial charge on any atom is 0.243 e. The first-order valence-corrected chi connectivity index (χ1v) is 13.0. The van der Waals surface area contributed by atoms with Crippen LogP contribution in [-0.4, -0.2) is 42.7 Å². The lowest BCUT2D eigenvalue weighted by atomic mass is 9.98. The predicted molar refractivity (Wildman–Crippen MR) is 135 cm³/mol. The molecule has 0 saturated carbocycles. The van der Waals surface area contributed by atoms with Gasteiger partial charge in [0.1, 0.15) is 17.2 Å². The molecule has 8 nitrogen and oxygen atoms in total. The summed E-state index contributed by atoms with van der Waals surface area (Å²) >= 11 is 0. The fraction of sp³-hybridized carbons (Fsp3) is 0.269. The molecule has 3 atom stereocenters. The summed E-state index contributed by atoms with van der Waals surface area (Å²) < 4.78 is 29.2. The second-order valence-corrected chi connectivity index (χ2v) is 10.3. The van der Waals surface area contributed by atoms with Crippen LogP contribution in [0.4, 0.5) is 0 Å². The van der Waals surface area contributed by atoms with Crippen LogP contribution >= 0.6 is 0 Å². The Morgan fingerprint density at radius 3 is 2.66 bits per heavy atom. The molecule has 0 aliphatic carbocycles. The summed E-state index contributed by atoms with van der Waals surface area (Å²) in [6, 6.07) is 14.2. The van der Waals surface area contributed by atoms with Crippen LogP contribution in [0.15, 0.2) is 71.9 Å². The van der Waals surface area contributed by atoms with Crippen molar-refractivity contribution in [2.24, 2.45) is 5.92 Å². The number of carbonyl (C=O) groups excluding carboxylic acids is 2. The smallest absolute Gasteiger partial charge is 0.243 e. The van der Waals surface area contributed by atoms with Gasteiger partial charge in [0.25, 0.3) is 0 Å². The predicted octanol–water partition coefficient (Wildman–Crippen LogP) is 3.34. The maximum absolute atomic E-state index is 13.3. The topological polar surface area (TPSA) is 121 Å². The SMILES string of the molecule is CCC(C)[C@H](NS(=O)(=O)c1cccc2cccnc12)C(=O)N[C@H](C=O)Cc1c[nH]c2ccccc12. The number of aromatic nitrogens is 2. The minimum Gasteiger partial charge on any atom is -0.361 e. The molecule has 0 fully saturated rings. The molecule has 0 radical (unpaired) electrons. The number of hydrogen-bond acceptors (Lipinski definition) is 5. The van der Waals surface area contributed by atoms with Crippen molar-refractivity contribution in [3.05, 3.63) is 72.6 Å². The molecule has 0 aliphatic rings. The highest BCUT2D eigenvalue weighted by Gasteiger charge is 2.32. The molecule has 0 saturated heterocycles. The number of para-hydroxylation sites is 2. The molecular weight excluding hydrogens is 464 g/mol. The highest BCUT2D eigenvalue weighted by Crippen LogP contribution is 2.22. The number of benzene rings is 2. The number of nitrogens with one attached hydrogen (secondary N) is 3. The second kappa shape index (κ2) is 10.4. The largest absolute Gasteiger partial charge is 0.361 e. The minimum absolute atomic E-state index is 0.00225. The average molecular weight is 493 g/mol. The zero-order valence-corrected chi connectivity index (χ0v) is 20.4. The normalized spacial score (nSPS) is 14.5. The molecule has 182 valence electrons. The molecule has 0 spiro atoms. The Labute approximate surface area is 204 Å². The van der Waals surface area contributed by atoms with Crippen molar-refractivity contribution in [2.45, 2.75) is 43.7 Å². The highest BCUT2D eigenvalue weighted by atomic mass is 32.2. The van der Waals surface area contributed by atoms with Crippen molar-refractivity contribution in [1.29, 1.82) is 0 Å². The van der Waals surface area contributed by atoms with Gasteiger partial charge in [0.2, 0.25) is 15.9 Å². The number of aromatic amines is 1. The van der Waals surface area contributed by atoms with Crippen LogP contribution < -0.4 is 10.0 Å². The van der Waals surface area contributed by atoms with E-state index in [0.29, 0.717) is 23.6 Å². The summed E-state index contributed by atoms with van der Waals surface area (Å²) in [5, 5.41) is 4.38. The molecular formula is C26H28N4O4S. The van der Waals surface area contributed by atoms with Gasteiger partial charge in [0.15, 0.2) is 0 Å². The van der Waals surface area contributed by atoms with Crippen LogP contribution in [0.25, 0.3) is 21.8 Å². The third kappa shape index (κ3) is 5.26. The quantitative estimate of drug-likeness (QED) is 0.293. The number of nitrogens with zero attached hydrogens (tertiary/aromatic N) is 1. The summed E-state index contributed by atoms with van der Waals surface area (Å²) in [5.41, 5.74) is 2.16. The van der Waals surface area contributed by atoms with E-state index in [1.165, 1.54) is 12.3 Å². The number of H-pyrrole nitrogens is 1. The van der Waals surface area contributed by atoms with Crippen LogP contribution in [0.2, 0.25) is 0 Å². The van der Waals surface area contributed by atoms with Crippen molar-refractivity contribution in [3.63, 3.8) is 0 Å². The Morgan fingerprint density at radius 1 is 1.11 bits per heavy atom. The number of fused-ring (bicyclic) bond motifs is 2. The van der Waals surface area contributed by atoms with E-state index in [9.17, 15) is 18.0 Å². The molecule has 4 rings (SSSR count). The van der Waals surface area contributed by atoms with E-state index in [0.717, 1.165) is 16.5 Å². The van der Waals surface area contributed by atoms with Gasteiger partial charge in [-0.25, -0.2) is 8.42 Å². The monoisotopic (exact) mass is 492 g/mol. The zero-order valence-electron chi connectivity index (χ0n) is 19.6. The van der Waals surface area contributed by atoms with E-state index in [1.54, 1.807) is 31.2 Å². The number of amides is 1. The first-order valence-electron chi connectivity index (χ1n) is 11.5. The van der Waals surface area contributed by atoms with Gasteiger partial charge in [-0.3, -0.25) is 9.78 Å². The van der Waals surface area contributed by atoms with Crippen LogP contribution in [0, 0.1) is 5.92 Å². The van der Waals surface area contributed by atoms with Crippen molar-refractivity contribution >= 4 is 44.0 Å². The van der Waals surface area contributed by atoms with Gasteiger partial charge in [0, 0.05) is 35.1 Å². The maximum atomic E-state index is 13.3. The van der Waals surface area contributed by atoms with Gasteiger partial charge in [-0.15, -0.1) is 0 Å². The van der Waals surface area contributed by atoms with Gasteiger partial charge in [-0.05, 0) is 29.7 Å². The van der Waals surface area contributed by atoms with Crippen LogP contribution in [-0.2, 0) is 26.0 Å². The zero-order chi connectivity index (χ0) is 25.0. The lowest BCUT2D eigenvalue weighted by molar-refractivity contribution is -0.126. The molecule has 0 bridgehead atoms. The van der Waals surface area contributed by atoms with E-state index in [1.807, 2.05) is 37.4 Å². The fourth-order valence-electron chi connectivity index (χ4n) is 4.13. The molecule has 1 unspecified atom stereocenters. The van der Waals surface area contributed by atoms with Crippen molar-refractivity contribution < 1.29 is 18.0 Å². The minimum atomic E-state index is -4.07. The average Bonchev–Trinajstić information content (AvgIpc) is 3.28.